The number of benzene rings is 1. The van der Waals surface area contributed by atoms with Gasteiger partial charge >= 0.3 is 5.97 Å². The lowest BCUT2D eigenvalue weighted by Crippen LogP contribution is -2.31. The molecular weight excluding hydrogens is 282 g/mol. The number of halogens is 1. The van der Waals surface area contributed by atoms with Crippen LogP contribution in [0.25, 0.3) is 0 Å². The normalized spacial score (nSPS) is 19.9. The lowest BCUT2D eigenvalue weighted by Gasteiger charge is -2.21. The Morgan fingerprint density at radius 1 is 1.41 bits per heavy atom. The third-order valence-corrected chi connectivity index (χ3v) is 3.43. The van der Waals surface area contributed by atoms with Crippen LogP contribution in [0.2, 0.25) is 0 Å². The topological polar surface area (TPSA) is 38.3 Å². The van der Waals surface area contributed by atoms with Crippen LogP contribution in [0.15, 0.2) is 28.7 Å². The molecule has 3 nitrogen and oxygen atoms in total. The molecule has 92 valence electrons. The minimum Gasteiger partial charge on any atom is -0.427 e. The Labute approximate surface area is 110 Å². The fourth-order valence-electron chi connectivity index (χ4n) is 2.01. The average Bonchev–Trinajstić information content (AvgIpc) is 2.33. The fourth-order valence-corrected chi connectivity index (χ4v) is 2.27. The summed E-state index contributed by atoms with van der Waals surface area (Å²) < 4.78 is 6.26. The number of esters is 1. The van der Waals surface area contributed by atoms with E-state index in [9.17, 15) is 4.79 Å². The van der Waals surface area contributed by atoms with Gasteiger partial charge in [0.1, 0.15) is 5.75 Å². The van der Waals surface area contributed by atoms with Crippen molar-refractivity contribution in [3.63, 3.8) is 0 Å². The highest BCUT2D eigenvalue weighted by atomic mass is 79.9. The van der Waals surface area contributed by atoms with Crippen LogP contribution >= 0.6 is 15.9 Å². The van der Waals surface area contributed by atoms with Crippen LogP contribution in [0.5, 0.6) is 5.75 Å². The minimum atomic E-state index is -0.138. The van der Waals surface area contributed by atoms with Crippen molar-refractivity contribution in [2.24, 2.45) is 5.92 Å². The largest absolute Gasteiger partial charge is 0.427 e. The molecule has 1 aromatic rings. The molecule has 1 aliphatic rings. The van der Waals surface area contributed by atoms with Crippen LogP contribution in [0.1, 0.15) is 19.3 Å². The molecule has 0 bridgehead atoms. The fraction of sp³-hybridized carbons (Fsp3) is 0.462. The van der Waals surface area contributed by atoms with Gasteiger partial charge in [0, 0.05) is 10.9 Å². The predicted molar refractivity (Wildman–Crippen MR) is 70.0 cm³/mol. The van der Waals surface area contributed by atoms with Crippen LogP contribution < -0.4 is 10.1 Å². The van der Waals surface area contributed by atoms with Crippen molar-refractivity contribution >= 4 is 21.9 Å². The van der Waals surface area contributed by atoms with Gasteiger partial charge in [0.05, 0.1) is 0 Å². The van der Waals surface area contributed by atoms with Crippen molar-refractivity contribution in [1.29, 1.82) is 0 Å². The van der Waals surface area contributed by atoms with Crippen LogP contribution in [-0.2, 0) is 4.79 Å². The van der Waals surface area contributed by atoms with Crippen LogP contribution in [0, 0.1) is 5.92 Å². The molecule has 2 rings (SSSR count). The summed E-state index contributed by atoms with van der Waals surface area (Å²) in [7, 11) is 0. The zero-order valence-electron chi connectivity index (χ0n) is 9.62. The van der Waals surface area contributed by atoms with E-state index in [-0.39, 0.29) is 5.97 Å². The van der Waals surface area contributed by atoms with Gasteiger partial charge in [0.15, 0.2) is 0 Å². The van der Waals surface area contributed by atoms with E-state index in [1.54, 1.807) is 12.1 Å². The first kappa shape index (κ1) is 12.6. The van der Waals surface area contributed by atoms with Crippen molar-refractivity contribution in [1.82, 2.24) is 5.32 Å². The first-order chi connectivity index (χ1) is 8.24. The van der Waals surface area contributed by atoms with Crippen molar-refractivity contribution in [2.75, 3.05) is 13.1 Å². The number of nitrogens with one attached hydrogen (secondary N) is 1. The van der Waals surface area contributed by atoms with Crippen molar-refractivity contribution < 1.29 is 9.53 Å². The maximum atomic E-state index is 11.7. The van der Waals surface area contributed by atoms with E-state index in [0.29, 0.717) is 18.1 Å². The SMILES string of the molecule is O=C(CC1CCCNC1)Oc1ccc(Br)cc1. The molecule has 0 aliphatic carbocycles. The zero-order chi connectivity index (χ0) is 12.1. The summed E-state index contributed by atoms with van der Waals surface area (Å²) >= 11 is 3.34. The lowest BCUT2D eigenvalue weighted by atomic mass is 9.96. The number of hydrogen-bond donors (Lipinski definition) is 1. The Kier molecular flexibility index (Phi) is 4.57. The van der Waals surface area contributed by atoms with E-state index in [2.05, 4.69) is 21.2 Å². The summed E-state index contributed by atoms with van der Waals surface area (Å²) in [6, 6.07) is 7.32. The number of carbonyl (C=O) groups is 1. The molecule has 0 aromatic heterocycles. The standard InChI is InChI=1S/C13H16BrNO2/c14-11-3-5-12(6-4-11)17-13(16)8-10-2-1-7-15-9-10/h3-6,10,15H,1-2,7-9H2. The van der Waals surface area contributed by atoms with E-state index in [1.807, 2.05) is 12.1 Å². The zero-order valence-corrected chi connectivity index (χ0v) is 11.2. The summed E-state index contributed by atoms with van der Waals surface area (Å²) in [5, 5.41) is 3.30. The summed E-state index contributed by atoms with van der Waals surface area (Å²) in [6.07, 6.45) is 2.77. The molecule has 1 unspecified atom stereocenters. The molecule has 0 spiro atoms. The maximum absolute atomic E-state index is 11.7. The molecule has 4 heteroatoms. The number of hydrogen-bond acceptors (Lipinski definition) is 3. The highest BCUT2D eigenvalue weighted by Crippen LogP contribution is 2.19. The average molecular weight is 298 g/mol. The summed E-state index contributed by atoms with van der Waals surface area (Å²) in [5.41, 5.74) is 0. The van der Waals surface area contributed by atoms with E-state index < -0.39 is 0 Å². The minimum absolute atomic E-state index is 0.138. The number of rotatable bonds is 3. The Hall–Kier alpha value is -0.870. The summed E-state index contributed by atoms with van der Waals surface area (Å²) in [4.78, 5) is 11.7. The van der Waals surface area contributed by atoms with Gasteiger partial charge < -0.3 is 10.1 Å². The van der Waals surface area contributed by atoms with E-state index in [4.69, 9.17) is 4.74 Å². The van der Waals surface area contributed by atoms with Gasteiger partial charge in [-0.25, -0.2) is 0 Å². The first-order valence-corrected chi connectivity index (χ1v) is 6.70. The van der Waals surface area contributed by atoms with Crippen molar-refractivity contribution in [3.8, 4) is 5.75 Å². The predicted octanol–water partition coefficient (Wildman–Crippen LogP) is 2.74. The van der Waals surface area contributed by atoms with E-state index in [1.165, 1.54) is 0 Å². The molecule has 1 aliphatic heterocycles. The van der Waals surface area contributed by atoms with Crippen molar-refractivity contribution in [3.05, 3.63) is 28.7 Å². The Morgan fingerprint density at radius 2 is 2.18 bits per heavy atom. The molecule has 1 aromatic carbocycles. The molecule has 1 heterocycles. The Balaban J connectivity index is 1.82. The molecule has 1 saturated heterocycles. The summed E-state index contributed by atoms with van der Waals surface area (Å²) in [5.74, 6) is 0.898. The van der Waals surface area contributed by atoms with Gasteiger partial charge in [0.25, 0.3) is 0 Å². The first-order valence-electron chi connectivity index (χ1n) is 5.91. The van der Waals surface area contributed by atoms with Gasteiger partial charge in [-0.15, -0.1) is 0 Å². The van der Waals surface area contributed by atoms with E-state index in [0.717, 1.165) is 30.4 Å². The van der Waals surface area contributed by atoms with E-state index >= 15 is 0 Å². The molecule has 1 atom stereocenters. The number of carbonyl (C=O) groups excluding carboxylic acids is 1. The van der Waals surface area contributed by atoms with Gasteiger partial charge in [-0.2, -0.15) is 0 Å². The van der Waals surface area contributed by atoms with Gasteiger partial charge in [-0.05, 0) is 56.1 Å². The van der Waals surface area contributed by atoms with Crippen molar-refractivity contribution in [2.45, 2.75) is 19.3 Å². The molecule has 0 saturated carbocycles. The van der Waals surface area contributed by atoms with Gasteiger partial charge in [0.2, 0.25) is 0 Å². The summed E-state index contributed by atoms with van der Waals surface area (Å²) in [6.45, 7) is 1.99. The highest BCUT2D eigenvalue weighted by molar-refractivity contribution is 9.10. The molecule has 1 N–H and O–H groups in total. The molecule has 0 amide bonds. The van der Waals surface area contributed by atoms with Gasteiger partial charge in [-0.1, -0.05) is 15.9 Å². The third-order valence-electron chi connectivity index (χ3n) is 2.90. The Bertz CT molecular complexity index is 372. The van der Waals surface area contributed by atoms with Crippen LogP contribution in [0.3, 0.4) is 0 Å². The lowest BCUT2D eigenvalue weighted by molar-refractivity contribution is -0.135. The second kappa shape index (κ2) is 6.17. The highest BCUT2D eigenvalue weighted by Gasteiger charge is 2.17. The Morgan fingerprint density at radius 3 is 2.82 bits per heavy atom. The second-order valence-electron chi connectivity index (χ2n) is 4.34. The second-order valence-corrected chi connectivity index (χ2v) is 5.26. The quantitative estimate of drug-likeness (QED) is 0.689. The van der Waals surface area contributed by atoms with Gasteiger partial charge in [-0.3, -0.25) is 4.79 Å². The molecular formula is C13H16BrNO2. The monoisotopic (exact) mass is 297 g/mol. The van der Waals surface area contributed by atoms with Crippen LogP contribution in [0.4, 0.5) is 0 Å². The maximum Gasteiger partial charge on any atom is 0.311 e. The molecule has 0 radical (unpaired) electrons. The number of ether oxygens (including phenoxy) is 1. The van der Waals surface area contributed by atoms with Crippen LogP contribution in [-0.4, -0.2) is 19.1 Å². The molecule has 1 fully saturated rings. The third kappa shape index (κ3) is 4.13. The smallest absolute Gasteiger partial charge is 0.311 e. The molecule has 17 heavy (non-hydrogen) atoms. The number of piperidine rings is 1.